The zero-order valence-corrected chi connectivity index (χ0v) is 14.3. The monoisotopic (exact) mass is 336 g/mol. The molecule has 0 aliphatic heterocycles. The summed E-state index contributed by atoms with van der Waals surface area (Å²) in [6, 6.07) is 6.48. The molecule has 0 radical (unpaired) electrons. The summed E-state index contributed by atoms with van der Waals surface area (Å²) < 4.78 is 10.3. The highest BCUT2D eigenvalue weighted by Crippen LogP contribution is 2.13. The van der Waals surface area contributed by atoms with Crippen LogP contribution in [0.4, 0.5) is 0 Å². The normalized spacial score (nSPS) is 10.2. The summed E-state index contributed by atoms with van der Waals surface area (Å²) in [4.78, 5) is 34.8. The quantitative estimate of drug-likeness (QED) is 0.663. The molecule has 0 saturated heterocycles. The van der Waals surface area contributed by atoms with Crippen molar-refractivity contribution in [3.8, 4) is 5.75 Å². The van der Waals surface area contributed by atoms with Gasteiger partial charge in [0, 0.05) is 6.04 Å². The molecule has 0 unspecified atom stereocenters. The van der Waals surface area contributed by atoms with Crippen molar-refractivity contribution in [2.45, 2.75) is 33.2 Å². The van der Waals surface area contributed by atoms with E-state index in [0.29, 0.717) is 17.9 Å². The largest absolute Gasteiger partial charge is 0.494 e. The number of hydrogen-bond donors (Lipinski definition) is 2. The van der Waals surface area contributed by atoms with Crippen LogP contribution < -0.4 is 15.4 Å². The van der Waals surface area contributed by atoms with E-state index in [1.54, 1.807) is 24.3 Å². The zero-order valence-electron chi connectivity index (χ0n) is 14.3. The number of ether oxygens (including phenoxy) is 2. The van der Waals surface area contributed by atoms with Crippen molar-refractivity contribution >= 4 is 17.8 Å². The lowest BCUT2D eigenvalue weighted by Crippen LogP contribution is -2.41. The summed E-state index contributed by atoms with van der Waals surface area (Å²) in [5.74, 6) is -0.779. The van der Waals surface area contributed by atoms with Crippen LogP contribution in [0, 0.1) is 0 Å². The van der Waals surface area contributed by atoms with Crippen LogP contribution in [0.5, 0.6) is 5.75 Å². The van der Waals surface area contributed by atoms with E-state index < -0.39 is 18.5 Å². The van der Waals surface area contributed by atoms with Crippen molar-refractivity contribution in [1.29, 1.82) is 0 Å². The third-order valence-corrected chi connectivity index (χ3v) is 2.79. The lowest BCUT2D eigenvalue weighted by Gasteiger charge is -2.09. The van der Waals surface area contributed by atoms with E-state index in [9.17, 15) is 14.4 Å². The Balaban J connectivity index is 2.34. The fourth-order valence-electron chi connectivity index (χ4n) is 1.72. The van der Waals surface area contributed by atoms with Crippen LogP contribution >= 0.6 is 0 Å². The SMILES string of the molecule is CCCOc1ccc(C(=O)OCC(=O)NCC(=O)NC(C)C)cc1. The fourth-order valence-corrected chi connectivity index (χ4v) is 1.72. The smallest absolute Gasteiger partial charge is 0.338 e. The number of benzene rings is 1. The fraction of sp³-hybridized carbons (Fsp3) is 0.471. The molecule has 0 bridgehead atoms. The molecule has 1 rings (SSSR count). The first-order valence-corrected chi connectivity index (χ1v) is 7.88. The number of nitrogens with one attached hydrogen (secondary N) is 2. The molecule has 7 nitrogen and oxygen atoms in total. The number of carbonyl (C=O) groups excluding carboxylic acids is 3. The maximum atomic E-state index is 11.8. The average Bonchev–Trinajstić information content (AvgIpc) is 2.55. The molecule has 2 N–H and O–H groups in total. The Bertz CT molecular complexity index is 555. The molecule has 0 aliphatic carbocycles. The summed E-state index contributed by atoms with van der Waals surface area (Å²) in [6.45, 7) is 5.65. The van der Waals surface area contributed by atoms with Gasteiger partial charge in [-0.25, -0.2) is 4.79 Å². The minimum absolute atomic E-state index is 0.00323. The van der Waals surface area contributed by atoms with Crippen LogP contribution in [-0.2, 0) is 14.3 Å². The van der Waals surface area contributed by atoms with Gasteiger partial charge in [-0.05, 0) is 44.5 Å². The van der Waals surface area contributed by atoms with Gasteiger partial charge in [0.05, 0.1) is 18.7 Å². The number of carbonyl (C=O) groups is 3. The minimum atomic E-state index is -0.612. The summed E-state index contributed by atoms with van der Waals surface area (Å²) in [5, 5.41) is 5.01. The van der Waals surface area contributed by atoms with E-state index in [2.05, 4.69) is 10.6 Å². The maximum absolute atomic E-state index is 11.8. The minimum Gasteiger partial charge on any atom is -0.494 e. The zero-order chi connectivity index (χ0) is 17.9. The molecule has 0 fully saturated rings. The molecule has 7 heteroatoms. The topological polar surface area (TPSA) is 93.7 Å². The molecule has 0 spiro atoms. The van der Waals surface area contributed by atoms with Crippen LogP contribution in [0.1, 0.15) is 37.6 Å². The van der Waals surface area contributed by atoms with Crippen molar-refractivity contribution < 1.29 is 23.9 Å². The van der Waals surface area contributed by atoms with Crippen molar-refractivity contribution in [2.24, 2.45) is 0 Å². The van der Waals surface area contributed by atoms with Gasteiger partial charge in [0.15, 0.2) is 6.61 Å². The molecule has 2 amide bonds. The van der Waals surface area contributed by atoms with Crippen molar-refractivity contribution in [1.82, 2.24) is 10.6 Å². The van der Waals surface area contributed by atoms with Crippen molar-refractivity contribution in [3.05, 3.63) is 29.8 Å². The average molecular weight is 336 g/mol. The van der Waals surface area contributed by atoms with Gasteiger partial charge in [-0.2, -0.15) is 0 Å². The lowest BCUT2D eigenvalue weighted by molar-refractivity contribution is -0.128. The van der Waals surface area contributed by atoms with Gasteiger partial charge in [-0.3, -0.25) is 9.59 Å². The number of rotatable bonds is 9. The highest BCUT2D eigenvalue weighted by atomic mass is 16.5. The Kier molecular flexibility index (Phi) is 8.32. The second kappa shape index (κ2) is 10.3. The molecule has 0 heterocycles. The lowest BCUT2D eigenvalue weighted by atomic mass is 10.2. The van der Waals surface area contributed by atoms with E-state index in [0.717, 1.165) is 6.42 Å². The Morgan fingerprint density at radius 3 is 2.33 bits per heavy atom. The molecule has 0 saturated carbocycles. The molecular formula is C17H24N2O5. The van der Waals surface area contributed by atoms with Gasteiger partial charge in [0.25, 0.3) is 5.91 Å². The van der Waals surface area contributed by atoms with Gasteiger partial charge < -0.3 is 20.1 Å². The molecule has 24 heavy (non-hydrogen) atoms. The van der Waals surface area contributed by atoms with E-state index in [1.165, 1.54) is 0 Å². The van der Waals surface area contributed by atoms with Crippen LogP contribution in [0.3, 0.4) is 0 Å². The maximum Gasteiger partial charge on any atom is 0.338 e. The Labute approximate surface area is 141 Å². The van der Waals surface area contributed by atoms with Crippen molar-refractivity contribution in [3.63, 3.8) is 0 Å². The van der Waals surface area contributed by atoms with Crippen LogP contribution in [-0.4, -0.2) is 43.6 Å². The van der Waals surface area contributed by atoms with Crippen LogP contribution in [0.2, 0.25) is 0 Å². The third-order valence-electron chi connectivity index (χ3n) is 2.79. The predicted molar refractivity (Wildman–Crippen MR) is 88.8 cm³/mol. The van der Waals surface area contributed by atoms with E-state index >= 15 is 0 Å². The van der Waals surface area contributed by atoms with E-state index in [1.807, 2.05) is 20.8 Å². The van der Waals surface area contributed by atoms with E-state index in [-0.39, 0.29) is 18.5 Å². The molecular weight excluding hydrogens is 312 g/mol. The van der Waals surface area contributed by atoms with Gasteiger partial charge in [-0.1, -0.05) is 6.92 Å². The number of amides is 2. The molecule has 0 atom stereocenters. The second-order valence-electron chi connectivity index (χ2n) is 5.45. The second-order valence-corrected chi connectivity index (χ2v) is 5.45. The van der Waals surface area contributed by atoms with Crippen molar-refractivity contribution in [2.75, 3.05) is 19.8 Å². The first kappa shape index (κ1) is 19.5. The summed E-state index contributed by atoms with van der Waals surface area (Å²) in [5.41, 5.74) is 0.323. The van der Waals surface area contributed by atoms with Gasteiger partial charge in [-0.15, -0.1) is 0 Å². The molecule has 0 aliphatic rings. The van der Waals surface area contributed by atoms with Gasteiger partial charge in [0.1, 0.15) is 5.75 Å². The molecule has 1 aromatic rings. The number of hydrogen-bond acceptors (Lipinski definition) is 5. The van der Waals surface area contributed by atoms with Crippen LogP contribution in [0.15, 0.2) is 24.3 Å². The third kappa shape index (κ3) is 7.62. The summed E-state index contributed by atoms with van der Waals surface area (Å²) in [6.07, 6.45) is 0.897. The highest BCUT2D eigenvalue weighted by molar-refractivity contribution is 5.92. The first-order chi connectivity index (χ1) is 11.4. The molecule has 1 aromatic carbocycles. The van der Waals surface area contributed by atoms with Crippen LogP contribution in [0.25, 0.3) is 0 Å². The standard InChI is InChI=1S/C17H24N2O5/c1-4-9-23-14-7-5-13(6-8-14)17(22)24-11-16(21)18-10-15(20)19-12(2)3/h5-8,12H,4,9-11H2,1-3H3,(H,18,21)(H,19,20). The van der Waals surface area contributed by atoms with Gasteiger partial charge in [0.2, 0.25) is 5.91 Å². The van der Waals surface area contributed by atoms with E-state index in [4.69, 9.17) is 9.47 Å². The first-order valence-electron chi connectivity index (χ1n) is 7.88. The number of esters is 1. The Hall–Kier alpha value is -2.57. The molecule has 132 valence electrons. The highest BCUT2D eigenvalue weighted by Gasteiger charge is 2.11. The molecule has 0 aromatic heterocycles. The van der Waals surface area contributed by atoms with Gasteiger partial charge >= 0.3 is 5.97 Å². The summed E-state index contributed by atoms with van der Waals surface area (Å²) >= 11 is 0. The Morgan fingerprint density at radius 2 is 1.75 bits per heavy atom. The Morgan fingerprint density at radius 1 is 1.08 bits per heavy atom. The summed E-state index contributed by atoms with van der Waals surface area (Å²) in [7, 11) is 0. The predicted octanol–water partition coefficient (Wildman–Crippen LogP) is 1.27.